The largest absolute Gasteiger partial charge is 0.254 e. The number of nitrogens with zero attached hydrogens (tertiary/aromatic N) is 4. The molecule has 148 valence electrons. The lowest BCUT2D eigenvalue weighted by atomic mass is 9.60. The molecule has 8 heteroatoms. The van der Waals surface area contributed by atoms with Gasteiger partial charge in [0.2, 0.25) is 6.85 Å². The van der Waals surface area contributed by atoms with Crippen LogP contribution in [0.15, 0.2) is 78.0 Å². The quantitative estimate of drug-likeness (QED) is 0.536. The molecule has 0 saturated heterocycles. The molecule has 1 aromatic heterocycles. The number of benzene rings is 2. The Bertz CT molecular complexity index is 1080. The Labute approximate surface area is 172 Å². The van der Waals surface area contributed by atoms with Crippen molar-refractivity contribution in [1.29, 1.82) is 5.26 Å². The average Bonchev–Trinajstić information content (AvgIpc) is 3.24. The van der Waals surface area contributed by atoms with Crippen LogP contribution in [0, 0.1) is 11.3 Å². The second kappa shape index (κ2) is 9.08. The molecule has 0 saturated carbocycles. The summed E-state index contributed by atoms with van der Waals surface area (Å²) in [7, 11) is -3.85. The molecule has 1 heterocycles. The van der Waals surface area contributed by atoms with Crippen molar-refractivity contribution < 1.29 is 8.42 Å². The summed E-state index contributed by atoms with van der Waals surface area (Å²) < 4.78 is 29.8. The molecule has 6 nitrogen and oxygen atoms in total. The van der Waals surface area contributed by atoms with Gasteiger partial charge < -0.3 is 0 Å². The molecule has 0 fully saturated rings. The number of hydrogen-bond acceptors (Lipinski definition) is 4. The summed E-state index contributed by atoms with van der Waals surface area (Å²) >= 11 is 0. The first kappa shape index (κ1) is 20.8. The SMILES string of the molecule is CB(Cc1ccccc1)N(Cc1ccccc1)S(=O)(=O)c1ccn(C(C)C#N)n1. The van der Waals surface area contributed by atoms with Crippen LogP contribution in [0.4, 0.5) is 0 Å². The summed E-state index contributed by atoms with van der Waals surface area (Å²) in [6, 6.07) is 22.3. The van der Waals surface area contributed by atoms with Crippen LogP contribution in [0.5, 0.6) is 0 Å². The predicted molar refractivity (Wildman–Crippen MR) is 113 cm³/mol. The molecule has 3 aromatic rings. The number of hydrogen-bond donors (Lipinski definition) is 0. The Morgan fingerprint density at radius 1 is 1.07 bits per heavy atom. The molecule has 0 aliphatic carbocycles. The van der Waals surface area contributed by atoms with Crippen molar-refractivity contribution in [3.8, 4) is 6.07 Å². The molecule has 0 amide bonds. The van der Waals surface area contributed by atoms with E-state index in [1.54, 1.807) is 6.92 Å². The Morgan fingerprint density at radius 2 is 1.66 bits per heavy atom. The van der Waals surface area contributed by atoms with Gasteiger partial charge >= 0.3 is 0 Å². The lowest BCUT2D eigenvalue weighted by Crippen LogP contribution is -2.43. The zero-order chi connectivity index (χ0) is 20.9. The first-order valence-corrected chi connectivity index (χ1v) is 10.9. The minimum absolute atomic E-state index is 0.0459. The molecule has 0 spiro atoms. The third-order valence-electron chi connectivity index (χ3n) is 4.79. The first-order chi connectivity index (χ1) is 13.9. The highest BCUT2D eigenvalue weighted by Gasteiger charge is 2.33. The molecule has 0 aliphatic heterocycles. The van der Waals surface area contributed by atoms with Gasteiger partial charge in [-0.25, -0.2) is 12.6 Å². The maximum absolute atomic E-state index is 13.5. The van der Waals surface area contributed by atoms with Gasteiger partial charge in [-0.05, 0) is 24.9 Å². The summed E-state index contributed by atoms with van der Waals surface area (Å²) in [6.45, 7) is 3.55. The van der Waals surface area contributed by atoms with Crippen molar-refractivity contribution in [2.75, 3.05) is 0 Å². The number of aromatic nitrogens is 2. The molecule has 1 atom stereocenters. The van der Waals surface area contributed by atoms with Gasteiger partial charge in [0, 0.05) is 12.7 Å². The van der Waals surface area contributed by atoms with Crippen molar-refractivity contribution in [2.45, 2.75) is 37.7 Å². The van der Waals surface area contributed by atoms with Crippen LogP contribution >= 0.6 is 0 Å². The molecular weight excluding hydrogens is 383 g/mol. The van der Waals surface area contributed by atoms with Crippen LogP contribution in [0.1, 0.15) is 24.1 Å². The van der Waals surface area contributed by atoms with E-state index < -0.39 is 16.1 Å². The summed E-state index contributed by atoms with van der Waals surface area (Å²) in [5, 5.41) is 13.2. The van der Waals surface area contributed by atoms with Gasteiger partial charge in [0.1, 0.15) is 6.04 Å². The van der Waals surface area contributed by atoms with Crippen LogP contribution in [-0.2, 0) is 22.9 Å². The normalized spacial score (nSPS) is 12.5. The maximum atomic E-state index is 13.5. The van der Waals surface area contributed by atoms with Crippen LogP contribution in [-0.4, -0.2) is 29.3 Å². The first-order valence-electron chi connectivity index (χ1n) is 9.46. The number of rotatable bonds is 8. The fourth-order valence-corrected chi connectivity index (χ4v) is 4.69. The molecule has 0 bridgehead atoms. The highest BCUT2D eigenvalue weighted by molar-refractivity contribution is 7.90. The van der Waals surface area contributed by atoms with Crippen molar-refractivity contribution in [3.63, 3.8) is 0 Å². The standard InChI is InChI=1S/C21H23BN4O2S/c1-18(16-23)25-14-13-21(24-25)29(27,28)26(17-20-11-7-4-8-12-20)22(2)15-19-9-5-3-6-10-19/h3-14,18H,15,17H2,1-2H3. The van der Waals surface area contributed by atoms with E-state index in [1.807, 2.05) is 67.5 Å². The fourth-order valence-electron chi connectivity index (χ4n) is 3.15. The molecular formula is C21H23BN4O2S. The average molecular weight is 406 g/mol. The minimum Gasteiger partial charge on any atom is -0.254 e. The van der Waals surface area contributed by atoms with Crippen molar-refractivity contribution in [2.24, 2.45) is 0 Å². The summed E-state index contributed by atoms with van der Waals surface area (Å²) in [6.07, 6.45) is 2.12. The molecule has 0 aliphatic rings. The lowest BCUT2D eigenvalue weighted by molar-refractivity contribution is 0.511. The molecule has 3 rings (SSSR count). The number of nitriles is 1. The Morgan fingerprint density at radius 3 is 2.24 bits per heavy atom. The van der Waals surface area contributed by atoms with Gasteiger partial charge in [0.15, 0.2) is 5.03 Å². The van der Waals surface area contributed by atoms with Crippen LogP contribution < -0.4 is 0 Å². The zero-order valence-electron chi connectivity index (χ0n) is 16.5. The van der Waals surface area contributed by atoms with Gasteiger partial charge in [0.25, 0.3) is 10.0 Å². The van der Waals surface area contributed by atoms with E-state index in [2.05, 4.69) is 11.2 Å². The van der Waals surface area contributed by atoms with Gasteiger partial charge in [-0.1, -0.05) is 73.1 Å². The van der Waals surface area contributed by atoms with E-state index in [1.165, 1.54) is 21.2 Å². The van der Waals surface area contributed by atoms with Gasteiger partial charge in [-0.2, -0.15) is 10.4 Å². The highest BCUT2D eigenvalue weighted by atomic mass is 32.2. The van der Waals surface area contributed by atoms with E-state index in [0.29, 0.717) is 6.32 Å². The third kappa shape index (κ3) is 4.94. The van der Waals surface area contributed by atoms with Gasteiger partial charge in [0.05, 0.1) is 6.07 Å². The Balaban J connectivity index is 1.94. The second-order valence-corrected chi connectivity index (χ2v) is 8.85. The smallest absolute Gasteiger partial charge is 0.252 e. The zero-order valence-corrected chi connectivity index (χ0v) is 17.3. The predicted octanol–water partition coefficient (Wildman–Crippen LogP) is 3.56. The van der Waals surface area contributed by atoms with E-state index in [-0.39, 0.29) is 18.4 Å². The Kier molecular flexibility index (Phi) is 6.52. The summed E-state index contributed by atoms with van der Waals surface area (Å²) in [4.78, 5) is 0. The van der Waals surface area contributed by atoms with Crippen LogP contribution in [0.3, 0.4) is 0 Å². The van der Waals surface area contributed by atoms with Gasteiger partial charge in [-0.15, -0.1) is 0 Å². The summed E-state index contributed by atoms with van der Waals surface area (Å²) in [5.74, 6) is 0. The molecule has 1 unspecified atom stereocenters. The summed E-state index contributed by atoms with van der Waals surface area (Å²) in [5.41, 5.74) is 1.97. The molecule has 0 N–H and O–H groups in total. The molecule has 0 radical (unpaired) electrons. The monoisotopic (exact) mass is 406 g/mol. The van der Waals surface area contributed by atoms with E-state index >= 15 is 0 Å². The van der Waals surface area contributed by atoms with E-state index in [4.69, 9.17) is 5.26 Å². The lowest BCUT2D eigenvalue weighted by Gasteiger charge is -2.26. The van der Waals surface area contributed by atoms with Crippen LogP contribution in [0.2, 0.25) is 6.82 Å². The van der Waals surface area contributed by atoms with E-state index in [0.717, 1.165) is 11.1 Å². The third-order valence-corrected chi connectivity index (χ3v) is 6.64. The van der Waals surface area contributed by atoms with Crippen molar-refractivity contribution >= 4 is 16.9 Å². The molecule has 2 aromatic carbocycles. The van der Waals surface area contributed by atoms with Crippen molar-refractivity contribution in [1.82, 2.24) is 14.0 Å². The van der Waals surface area contributed by atoms with E-state index in [9.17, 15) is 8.42 Å². The maximum Gasteiger partial charge on any atom is 0.252 e. The highest BCUT2D eigenvalue weighted by Crippen LogP contribution is 2.21. The number of sulfonamides is 1. The second-order valence-electron chi connectivity index (χ2n) is 7.01. The fraction of sp³-hybridized carbons (Fsp3) is 0.238. The topological polar surface area (TPSA) is 79.0 Å². The van der Waals surface area contributed by atoms with Crippen molar-refractivity contribution in [3.05, 3.63) is 84.1 Å². The van der Waals surface area contributed by atoms with Crippen LogP contribution in [0.25, 0.3) is 0 Å². The Hall–Kier alpha value is -2.89. The van der Waals surface area contributed by atoms with Gasteiger partial charge in [-0.3, -0.25) is 4.68 Å². The minimum atomic E-state index is -3.85. The molecule has 29 heavy (non-hydrogen) atoms.